The van der Waals surface area contributed by atoms with E-state index in [0.29, 0.717) is 5.41 Å². The van der Waals surface area contributed by atoms with E-state index in [9.17, 15) is 0 Å². The molecule has 0 aromatic heterocycles. The lowest BCUT2D eigenvalue weighted by atomic mass is 9.88. The van der Waals surface area contributed by atoms with Gasteiger partial charge in [-0.05, 0) is 57.2 Å². The van der Waals surface area contributed by atoms with Crippen LogP contribution in [0.25, 0.3) is 0 Å². The molecule has 1 fully saturated rings. The largest absolute Gasteiger partial charge is 0.381 e. The van der Waals surface area contributed by atoms with Gasteiger partial charge in [-0.25, -0.2) is 0 Å². The normalized spacial score (nSPS) is 18.9. The Hall–Kier alpha value is -0.120. The van der Waals surface area contributed by atoms with Gasteiger partial charge in [-0.15, -0.1) is 0 Å². The van der Waals surface area contributed by atoms with Gasteiger partial charge in [-0.1, -0.05) is 13.8 Å². The van der Waals surface area contributed by atoms with Gasteiger partial charge in [0, 0.05) is 19.8 Å². The Morgan fingerprint density at radius 2 is 1.94 bits per heavy atom. The van der Waals surface area contributed by atoms with Gasteiger partial charge in [0.1, 0.15) is 0 Å². The van der Waals surface area contributed by atoms with Crippen LogP contribution in [0.2, 0.25) is 0 Å². The van der Waals surface area contributed by atoms with E-state index < -0.39 is 0 Å². The number of nitrogens with zero attached hydrogens (tertiary/aromatic N) is 1. The fourth-order valence-corrected chi connectivity index (χ4v) is 2.72. The molecule has 17 heavy (non-hydrogen) atoms. The average Bonchev–Trinajstić information content (AvgIpc) is 2.27. The summed E-state index contributed by atoms with van der Waals surface area (Å²) in [4.78, 5) is 2.46. The maximum absolute atomic E-state index is 5.65. The molecule has 0 aromatic rings. The molecule has 0 atom stereocenters. The highest BCUT2D eigenvalue weighted by Crippen LogP contribution is 2.22. The Morgan fingerprint density at radius 3 is 2.53 bits per heavy atom. The molecule has 0 saturated carbocycles. The van der Waals surface area contributed by atoms with E-state index >= 15 is 0 Å². The summed E-state index contributed by atoms with van der Waals surface area (Å²) in [6, 6.07) is 0. The lowest BCUT2D eigenvalue weighted by Gasteiger charge is -2.31. The van der Waals surface area contributed by atoms with Crippen molar-refractivity contribution in [2.45, 2.75) is 39.5 Å². The van der Waals surface area contributed by atoms with Crippen molar-refractivity contribution < 1.29 is 4.74 Å². The first-order valence-electron chi connectivity index (χ1n) is 7.00. The molecule has 1 rings (SSSR count). The van der Waals surface area contributed by atoms with Crippen LogP contribution in [0, 0.1) is 11.3 Å². The van der Waals surface area contributed by atoms with Gasteiger partial charge < -0.3 is 15.4 Å². The molecule has 3 nitrogen and oxygen atoms in total. The van der Waals surface area contributed by atoms with Crippen LogP contribution >= 0.6 is 0 Å². The van der Waals surface area contributed by atoms with Crippen LogP contribution in [0.3, 0.4) is 0 Å². The standard InChI is InChI=1S/C14H30N2O/c1-14(2,7-8-15)12-16(3)9-4-13-5-10-17-11-6-13/h13H,4-12,15H2,1-3H3. The van der Waals surface area contributed by atoms with E-state index in [-0.39, 0.29) is 0 Å². The molecule has 0 aromatic carbocycles. The summed E-state index contributed by atoms with van der Waals surface area (Å²) in [7, 11) is 2.23. The zero-order chi connectivity index (χ0) is 12.7. The summed E-state index contributed by atoms with van der Waals surface area (Å²) in [5, 5.41) is 0. The van der Waals surface area contributed by atoms with Crippen molar-refractivity contribution in [2.24, 2.45) is 17.1 Å². The monoisotopic (exact) mass is 242 g/mol. The van der Waals surface area contributed by atoms with E-state index in [1.807, 2.05) is 0 Å². The van der Waals surface area contributed by atoms with Gasteiger partial charge in [0.15, 0.2) is 0 Å². The highest BCUT2D eigenvalue weighted by Gasteiger charge is 2.20. The summed E-state index contributed by atoms with van der Waals surface area (Å²) < 4.78 is 5.39. The number of rotatable bonds is 7. The van der Waals surface area contributed by atoms with Gasteiger partial charge >= 0.3 is 0 Å². The minimum atomic E-state index is 0.346. The molecule has 0 radical (unpaired) electrons. The highest BCUT2D eigenvalue weighted by atomic mass is 16.5. The van der Waals surface area contributed by atoms with Crippen molar-refractivity contribution in [1.82, 2.24) is 4.90 Å². The van der Waals surface area contributed by atoms with Crippen molar-refractivity contribution in [3.63, 3.8) is 0 Å². The SMILES string of the molecule is CN(CCC1CCOCC1)CC(C)(C)CCN. The third-order valence-electron chi connectivity index (χ3n) is 3.78. The summed E-state index contributed by atoms with van der Waals surface area (Å²) in [6.45, 7) is 9.70. The molecule has 0 unspecified atom stereocenters. The quantitative estimate of drug-likeness (QED) is 0.743. The van der Waals surface area contributed by atoms with Gasteiger partial charge in [0.05, 0.1) is 0 Å². The van der Waals surface area contributed by atoms with Crippen LogP contribution in [-0.2, 0) is 4.74 Å². The molecule has 0 amide bonds. The van der Waals surface area contributed by atoms with Crippen molar-refractivity contribution in [3.8, 4) is 0 Å². The first-order chi connectivity index (χ1) is 8.03. The van der Waals surface area contributed by atoms with Gasteiger partial charge in [-0.2, -0.15) is 0 Å². The van der Waals surface area contributed by atoms with Crippen LogP contribution in [0.5, 0.6) is 0 Å². The number of hydrogen-bond acceptors (Lipinski definition) is 3. The maximum atomic E-state index is 5.65. The summed E-state index contributed by atoms with van der Waals surface area (Å²) in [5.41, 5.74) is 6.00. The summed E-state index contributed by atoms with van der Waals surface area (Å²) in [5.74, 6) is 0.879. The lowest BCUT2D eigenvalue weighted by molar-refractivity contribution is 0.0595. The number of hydrogen-bond donors (Lipinski definition) is 1. The highest BCUT2D eigenvalue weighted by molar-refractivity contribution is 4.74. The van der Waals surface area contributed by atoms with Gasteiger partial charge in [0.2, 0.25) is 0 Å². The topological polar surface area (TPSA) is 38.5 Å². The molecule has 1 aliphatic heterocycles. The van der Waals surface area contributed by atoms with E-state index in [4.69, 9.17) is 10.5 Å². The smallest absolute Gasteiger partial charge is 0.0468 e. The fraction of sp³-hybridized carbons (Fsp3) is 1.00. The van der Waals surface area contributed by atoms with Gasteiger partial charge in [-0.3, -0.25) is 0 Å². The number of nitrogens with two attached hydrogens (primary N) is 1. The molecular weight excluding hydrogens is 212 g/mol. The lowest BCUT2D eigenvalue weighted by Crippen LogP contribution is -2.34. The van der Waals surface area contributed by atoms with Crippen molar-refractivity contribution in [1.29, 1.82) is 0 Å². The zero-order valence-electron chi connectivity index (χ0n) is 11.9. The predicted molar refractivity (Wildman–Crippen MR) is 73.1 cm³/mol. The Balaban J connectivity index is 2.17. The minimum Gasteiger partial charge on any atom is -0.381 e. The zero-order valence-corrected chi connectivity index (χ0v) is 11.9. The molecule has 1 aliphatic rings. The second kappa shape index (κ2) is 7.34. The Kier molecular flexibility index (Phi) is 6.45. The van der Waals surface area contributed by atoms with E-state index in [1.54, 1.807) is 0 Å². The second-order valence-electron chi connectivity index (χ2n) is 6.29. The van der Waals surface area contributed by atoms with E-state index in [2.05, 4.69) is 25.8 Å². The molecule has 102 valence electrons. The molecule has 1 saturated heterocycles. The molecule has 3 heteroatoms. The van der Waals surface area contributed by atoms with Gasteiger partial charge in [0.25, 0.3) is 0 Å². The fourth-order valence-electron chi connectivity index (χ4n) is 2.72. The average molecular weight is 242 g/mol. The van der Waals surface area contributed by atoms with Crippen molar-refractivity contribution in [3.05, 3.63) is 0 Å². The van der Waals surface area contributed by atoms with Crippen molar-refractivity contribution in [2.75, 3.05) is 39.9 Å². The summed E-state index contributed by atoms with van der Waals surface area (Å²) >= 11 is 0. The Bertz CT molecular complexity index is 200. The molecule has 1 heterocycles. The third-order valence-corrected chi connectivity index (χ3v) is 3.78. The van der Waals surface area contributed by atoms with Crippen molar-refractivity contribution >= 4 is 0 Å². The first kappa shape index (κ1) is 14.9. The van der Waals surface area contributed by atoms with Crippen LogP contribution < -0.4 is 5.73 Å². The van der Waals surface area contributed by atoms with Crippen LogP contribution in [0.1, 0.15) is 39.5 Å². The first-order valence-corrected chi connectivity index (χ1v) is 7.00. The van der Waals surface area contributed by atoms with Crippen LogP contribution in [0.15, 0.2) is 0 Å². The third kappa shape index (κ3) is 6.39. The molecule has 2 N–H and O–H groups in total. The maximum Gasteiger partial charge on any atom is 0.0468 e. The summed E-state index contributed by atoms with van der Waals surface area (Å²) in [6.07, 6.45) is 4.92. The van der Waals surface area contributed by atoms with Crippen LogP contribution in [-0.4, -0.2) is 44.8 Å². The van der Waals surface area contributed by atoms with E-state index in [0.717, 1.165) is 38.6 Å². The molecule has 0 aliphatic carbocycles. The van der Waals surface area contributed by atoms with E-state index in [1.165, 1.54) is 25.8 Å². The predicted octanol–water partition coefficient (Wildman–Crippen LogP) is 2.11. The van der Waals surface area contributed by atoms with Crippen LogP contribution in [0.4, 0.5) is 0 Å². The number of ether oxygens (including phenoxy) is 1. The minimum absolute atomic E-state index is 0.346. The molecule has 0 bridgehead atoms. The Morgan fingerprint density at radius 1 is 1.29 bits per heavy atom. The molecule has 0 spiro atoms. The Labute approximate surface area is 107 Å². The molecular formula is C14H30N2O. The second-order valence-corrected chi connectivity index (χ2v) is 6.29.